The number of nitro groups is 1. The second kappa shape index (κ2) is 18.5. The Bertz CT molecular complexity index is 2820. The van der Waals surface area contributed by atoms with E-state index in [1.54, 1.807) is 37.4 Å². The van der Waals surface area contributed by atoms with Gasteiger partial charge < -0.3 is 29.8 Å². The fourth-order valence-corrected chi connectivity index (χ4v) is 11.7. The van der Waals surface area contributed by atoms with Crippen molar-refractivity contribution in [3.05, 3.63) is 106 Å². The molecule has 67 heavy (non-hydrogen) atoms. The maximum atomic E-state index is 14.1. The highest BCUT2D eigenvalue weighted by Gasteiger charge is 2.50. The Morgan fingerprint density at radius 1 is 1.09 bits per heavy atom. The van der Waals surface area contributed by atoms with E-state index >= 15 is 0 Å². The third-order valence-corrected chi connectivity index (χ3v) is 15.8. The summed E-state index contributed by atoms with van der Waals surface area (Å²) in [7, 11) is -4.90. The quantitative estimate of drug-likeness (QED) is 0.0649. The van der Waals surface area contributed by atoms with Gasteiger partial charge in [0.25, 0.3) is 15.9 Å². The van der Waals surface area contributed by atoms with Crippen LogP contribution < -0.4 is 19.7 Å². The van der Waals surface area contributed by atoms with E-state index in [0.29, 0.717) is 55.6 Å². The Kier molecular flexibility index (Phi) is 12.7. The molecule has 3 aromatic heterocycles. The Labute approximate surface area is 390 Å². The number of ether oxygens (including phenoxy) is 2. The van der Waals surface area contributed by atoms with Gasteiger partial charge >= 0.3 is 5.69 Å². The molecule has 2 saturated carbocycles. The van der Waals surface area contributed by atoms with E-state index in [4.69, 9.17) is 9.47 Å². The first-order valence-electron chi connectivity index (χ1n) is 23.2. The minimum absolute atomic E-state index is 0.0688. The van der Waals surface area contributed by atoms with Crippen LogP contribution >= 0.6 is 0 Å². The predicted octanol–water partition coefficient (Wildman–Crippen LogP) is 7.95. The molecule has 18 heteroatoms. The van der Waals surface area contributed by atoms with Crippen LogP contribution in [0.15, 0.2) is 78.0 Å². The summed E-state index contributed by atoms with van der Waals surface area (Å²) in [6.07, 6.45) is 9.94. The Morgan fingerprint density at radius 3 is 2.58 bits per heavy atom. The molecule has 1 atom stereocenters. The van der Waals surface area contributed by atoms with Gasteiger partial charge in [-0.1, -0.05) is 38.1 Å². The fraction of sp³-hybridized carbons (Fsp3) is 0.469. The van der Waals surface area contributed by atoms with E-state index in [1.165, 1.54) is 23.4 Å². The Hall–Kier alpha value is -6.13. The molecule has 1 amide bonds. The molecule has 2 saturated heterocycles. The zero-order chi connectivity index (χ0) is 47.1. The number of pyridine rings is 2. The number of amides is 1. The number of nitrogens with zero attached hydrogens (tertiary/aromatic N) is 6. The lowest BCUT2D eigenvalue weighted by molar-refractivity contribution is -0.384. The second-order valence-electron chi connectivity index (χ2n) is 19.4. The van der Waals surface area contributed by atoms with E-state index in [1.807, 2.05) is 10.8 Å². The number of H-pyrrole nitrogens is 1. The van der Waals surface area contributed by atoms with Crippen molar-refractivity contribution in [2.75, 3.05) is 49.6 Å². The molecule has 0 radical (unpaired) electrons. The summed E-state index contributed by atoms with van der Waals surface area (Å²) < 4.78 is 42.3. The number of fused-ring (bicyclic) bond motifs is 1. The van der Waals surface area contributed by atoms with Crippen LogP contribution in [0.2, 0.25) is 0 Å². The van der Waals surface area contributed by atoms with Crippen LogP contribution in [0.5, 0.6) is 11.5 Å². The van der Waals surface area contributed by atoms with Crippen LogP contribution in [-0.4, -0.2) is 95.2 Å². The molecule has 2 aromatic carbocycles. The number of carbonyl (C=O) groups excluding carboxylic acids is 1. The summed E-state index contributed by atoms with van der Waals surface area (Å²) in [5.41, 5.74) is 2.20. The smallest absolute Gasteiger partial charge is 0.312 e. The third kappa shape index (κ3) is 9.69. The summed E-state index contributed by atoms with van der Waals surface area (Å²) >= 11 is 0. The maximum absolute atomic E-state index is 14.1. The number of morpholine rings is 1. The van der Waals surface area contributed by atoms with Crippen LogP contribution in [0.4, 0.5) is 17.2 Å². The number of nitrogens with one attached hydrogen (secondary N) is 3. The Morgan fingerprint density at radius 2 is 1.85 bits per heavy atom. The number of piperidine rings is 1. The van der Waals surface area contributed by atoms with E-state index in [-0.39, 0.29) is 41.1 Å². The average Bonchev–Trinajstić information content (AvgIpc) is 3.78. The van der Waals surface area contributed by atoms with Crippen LogP contribution in [0.3, 0.4) is 0 Å². The van der Waals surface area contributed by atoms with Gasteiger partial charge in [0.2, 0.25) is 5.82 Å². The molecule has 2 aliphatic carbocycles. The molecule has 2 aliphatic heterocycles. The molecule has 4 N–H and O–H groups in total. The van der Waals surface area contributed by atoms with Gasteiger partial charge in [-0.15, -0.1) is 0 Å². The molecule has 9 rings (SSSR count). The summed E-state index contributed by atoms with van der Waals surface area (Å²) in [4.78, 5) is 41.2. The normalized spacial score (nSPS) is 22.3. The lowest BCUT2D eigenvalue weighted by atomic mass is 9.59. The van der Waals surface area contributed by atoms with Crippen LogP contribution in [0.25, 0.3) is 11.0 Å². The molecule has 0 unspecified atom stereocenters. The number of rotatable bonds is 13. The zero-order valence-electron chi connectivity index (χ0n) is 38.0. The summed E-state index contributed by atoms with van der Waals surface area (Å²) in [6, 6.07) is 20.5. The SMILES string of the molecule is CC(C)c1ccccc1[C@@H]1COCCN1C1CC2(CCN(c3ccc(C(=O)NS(=O)(=O)c4cc([N+](=O)[O-])c(NCC5CCC(C)(O)CC5)nc4C#N)c(Oc4cnc5[nH]ccc5c4)c3)CC2)C1. The first-order valence-corrected chi connectivity index (χ1v) is 24.6. The standard InChI is InChI=1S/C49H57N9O8S/c1-31(2)37-6-4-5-7-38(37)42-30-65-21-20-57(42)35-25-49(26-35)15-18-56(19-16-49)34-8-9-39(43(23-34)66-36-22-33-12-17-51-45(33)53-29-36)47(59)55-67(63,64)44-24-41(58(61)62)46(54-40(44)27-50)52-28-32-10-13-48(3,60)14-11-32/h4-9,12,17,22-24,29,31-32,35,42,60H,10-11,13-16,18-21,25-26,28,30H2,1-3H3,(H,51,53)(H,52,54)(H,55,59)/t32?,42-,48?/m0/s1. The van der Waals surface area contributed by atoms with Crippen LogP contribution in [0, 0.1) is 32.8 Å². The first-order chi connectivity index (χ1) is 32.1. The van der Waals surface area contributed by atoms with Crippen molar-refractivity contribution in [1.29, 1.82) is 5.26 Å². The number of aromatic amines is 1. The number of aromatic nitrogens is 3. The molecule has 1 spiro atoms. The summed E-state index contributed by atoms with van der Waals surface area (Å²) in [5.74, 6) is -0.463. The molecule has 5 aromatic rings. The molecule has 4 aliphatic rings. The van der Waals surface area contributed by atoms with Crippen molar-refractivity contribution in [2.24, 2.45) is 11.3 Å². The molecule has 4 fully saturated rings. The topological polar surface area (TPSA) is 229 Å². The number of sulfonamides is 1. The van der Waals surface area contributed by atoms with Crippen molar-refractivity contribution in [3.63, 3.8) is 0 Å². The van der Waals surface area contributed by atoms with Gasteiger partial charge in [-0.3, -0.25) is 19.8 Å². The lowest BCUT2D eigenvalue weighted by Gasteiger charge is -2.57. The predicted molar refractivity (Wildman–Crippen MR) is 252 cm³/mol. The van der Waals surface area contributed by atoms with Crippen LogP contribution in [-0.2, 0) is 14.8 Å². The van der Waals surface area contributed by atoms with Gasteiger partial charge in [0, 0.05) is 61.6 Å². The van der Waals surface area contributed by atoms with Crippen molar-refractivity contribution in [2.45, 2.75) is 101 Å². The minimum Gasteiger partial charge on any atom is -0.455 e. The van der Waals surface area contributed by atoms with Crippen molar-refractivity contribution in [1.82, 2.24) is 24.6 Å². The van der Waals surface area contributed by atoms with Crippen molar-refractivity contribution >= 4 is 44.2 Å². The van der Waals surface area contributed by atoms with Gasteiger partial charge in [0.05, 0.1) is 41.5 Å². The van der Waals surface area contributed by atoms with Gasteiger partial charge in [-0.25, -0.2) is 23.1 Å². The van der Waals surface area contributed by atoms with Crippen molar-refractivity contribution < 1.29 is 32.7 Å². The highest BCUT2D eigenvalue weighted by atomic mass is 32.2. The number of nitriles is 1. The van der Waals surface area contributed by atoms with E-state index < -0.39 is 42.7 Å². The number of aliphatic hydroxyl groups is 1. The van der Waals surface area contributed by atoms with E-state index in [2.05, 4.69) is 68.2 Å². The summed E-state index contributed by atoms with van der Waals surface area (Å²) in [6.45, 7) is 10.4. The molecular weight excluding hydrogens is 875 g/mol. The average molecular weight is 932 g/mol. The number of hydrogen-bond donors (Lipinski definition) is 4. The van der Waals surface area contributed by atoms with Crippen LogP contribution in [0.1, 0.15) is 111 Å². The van der Waals surface area contributed by atoms with Gasteiger partial charge in [0.15, 0.2) is 5.69 Å². The molecule has 0 bridgehead atoms. The highest BCUT2D eigenvalue weighted by Crippen LogP contribution is 2.53. The van der Waals surface area contributed by atoms with Crippen molar-refractivity contribution in [3.8, 4) is 17.6 Å². The molecule has 17 nitrogen and oxygen atoms in total. The highest BCUT2D eigenvalue weighted by molar-refractivity contribution is 7.90. The van der Waals surface area contributed by atoms with Gasteiger partial charge in [-0.05, 0) is 111 Å². The number of carbonyl (C=O) groups is 1. The number of benzene rings is 2. The van der Waals surface area contributed by atoms with Gasteiger partial charge in [-0.2, -0.15) is 5.26 Å². The second-order valence-corrected chi connectivity index (χ2v) is 21.0. The molecule has 5 heterocycles. The fourth-order valence-electron chi connectivity index (χ4n) is 10.6. The number of hydrogen-bond acceptors (Lipinski definition) is 14. The Balaban J connectivity index is 0.921. The lowest BCUT2D eigenvalue weighted by Crippen LogP contribution is -2.58. The molecule has 352 valence electrons. The summed E-state index contributed by atoms with van der Waals surface area (Å²) in [5, 5.41) is 36.3. The minimum atomic E-state index is -4.90. The monoisotopic (exact) mass is 931 g/mol. The van der Waals surface area contributed by atoms with Gasteiger partial charge in [0.1, 0.15) is 28.1 Å². The number of anilines is 2. The third-order valence-electron chi connectivity index (χ3n) is 14.5. The maximum Gasteiger partial charge on any atom is 0.312 e. The molecular formula is C49H57N9O8S. The zero-order valence-corrected chi connectivity index (χ0v) is 38.9. The first kappa shape index (κ1) is 46.0. The van der Waals surface area contributed by atoms with E-state index in [0.717, 1.165) is 69.1 Å². The largest absolute Gasteiger partial charge is 0.455 e. The van der Waals surface area contributed by atoms with E-state index in [9.17, 15) is 33.7 Å².